The number of benzene rings is 2. The number of alkyl halides is 1. The van der Waals surface area contributed by atoms with Crippen LogP contribution < -0.4 is 5.11 Å². The molecule has 0 heterocycles. The van der Waals surface area contributed by atoms with Gasteiger partial charge in [-0.25, -0.2) is 0 Å². The van der Waals surface area contributed by atoms with E-state index in [0.29, 0.717) is 5.56 Å². The summed E-state index contributed by atoms with van der Waals surface area (Å²) < 4.78 is 0. The lowest BCUT2D eigenvalue weighted by Gasteiger charge is -2.09. The van der Waals surface area contributed by atoms with Gasteiger partial charge in [0.15, 0.2) is 0 Å². The van der Waals surface area contributed by atoms with Crippen molar-refractivity contribution in [1.29, 1.82) is 0 Å². The Morgan fingerprint density at radius 1 is 1.00 bits per heavy atom. The van der Waals surface area contributed by atoms with Crippen LogP contribution in [-0.4, -0.2) is 11.8 Å². The van der Waals surface area contributed by atoms with Crippen molar-refractivity contribution in [1.82, 2.24) is 0 Å². The number of ketones is 1. The van der Waals surface area contributed by atoms with E-state index >= 15 is 0 Å². The molecule has 0 amide bonds. The van der Waals surface area contributed by atoms with Crippen LogP contribution >= 0.6 is 15.9 Å². The van der Waals surface area contributed by atoms with Crippen molar-refractivity contribution in [2.75, 3.05) is 0 Å². The highest BCUT2D eigenvalue weighted by molar-refractivity contribution is 9.08. The van der Waals surface area contributed by atoms with Gasteiger partial charge in [0.2, 0.25) is 5.78 Å². The van der Waals surface area contributed by atoms with Gasteiger partial charge in [-0.15, -0.1) is 0 Å². The first-order valence-corrected chi connectivity index (χ1v) is 6.75. The molecule has 0 atom stereocenters. The van der Waals surface area contributed by atoms with E-state index < -0.39 is 11.8 Å². The van der Waals surface area contributed by atoms with E-state index in [-0.39, 0.29) is 5.56 Å². The molecule has 3 nitrogen and oxygen atoms in total. The van der Waals surface area contributed by atoms with E-state index in [1.165, 1.54) is 6.07 Å². The average Bonchev–Trinajstić information content (AvgIpc) is 2.46. The second-order valence-electron chi connectivity index (χ2n) is 3.99. The van der Waals surface area contributed by atoms with E-state index in [9.17, 15) is 14.7 Å². The number of carboxylic acids is 1. The maximum Gasteiger partial charge on any atom is 0.209 e. The normalized spacial score (nSPS) is 10.2. The Hall–Kier alpha value is -1.94. The van der Waals surface area contributed by atoms with Crippen molar-refractivity contribution < 1.29 is 14.7 Å². The zero-order valence-electron chi connectivity index (χ0n) is 9.93. The fourth-order valence-corrected chi connectivity index (χ4v) is 2.19. The molecular formula is C15H10BrO3-. The van der Waals surface area contributed by atoms with Crippen LogP contribution in [0.5, 0.6) is 0 Å². The summed E-state index contributed by atoms with van der Waals surface area (Å²) in [4.78, 5) is 22.3. The molecule has 0 fully saturated rings. The quantitative estimate of drug-likeness (QED) is 0.493. The molecule has 0 N–H and O–H groups in total. The number of hydrogen-bond acceptors (Lipinski definition) is 3. The lowest BCUT2D eigenvalue weighted by atomic mass is 9.96. The van der Waals surface area contributed by atoms with Gasteiger partial charge in [0.05, 0.1) is 0 Å². The molecule has 2 aromatic rings. The second kappa shape index (κ2) is 5.80. The third-order valence-corrected chi connectivity index (χ3v) is 3.42. The van der Waals surface area contributed by atoms with Crippen molar-refractivity contribution in [3.8, 4) is 11.1 Å². The zero-order chi connectivity index (χ0) is 13.8. The monoisotopic (exact) mass is 317 g/mol. The van der Waals surface area contributed by atoms with Gasteiger partial charge in [-0.05, 0) is 16.7 Å². The SMILES string of the molecule is O=C([O-])C(=O)c1ccccc1-c1ccc(CBr)cc1. The molecule has 0 aliphatic rings. The van der Waals surface area contributed by atoms with Gasteiger partial charge in [-0.1, -0.05) is 64.5 Å². The minimum absolute atomic E-state index is 0.147. The fourth-order valence-electron chi connectivity index (χ4n) is 1.82. The largest absolute Gasteiger partial charge is 0.541 e. The summed E-state index contributed by atoms with van der Waals surface area (Å²) in [5.41, 5.74) is 2.65. The molecule has 0 saturated carbocycles. The van der Waals surface area contributed by atoms with Gasteiger partial charge < -0.3 is 9.90 Å². The van der Waals surface area contributed by atoms with E-state index in [2.05, 4.69) is 15.9 Å². The van der Waals surface area contributed by atoms with E-state index in [4.69, 9.17) is 0 Å². The first kappa shape index (κ1) is 13.5. The summed E-state index contributed by atoms with van der Waals surface area (Å²) in [5.74, 6) is -2.69. The van der Waals surface area contributed by atoms with Crippen molar-refractivity contribution in [2.45, 2.75) is 5.33 Å². The molecule has 0 saturated heterocycles. The highest BCUT2D eigenvalue weighted by Crippen LogP contribution is 2.24. The lowest BCUT2D eigenvalue weighted by molar-refractivity contribution is -0.296. The predicted molar refractivity (Wildman–Crippen MR) is 73.8 cm³/mol. The number of carboxylic acid groups (broad SMARTS) is 1. The molecule has 4 heteroatoms. The van der Waals surface area contributed by atoms with Gasteiger partial charge in [-0.2, -0.15) is 0 Å². The van der Waals surface area contributed by atoms with Crippen molar-refractivity contribution in [3.05, 3.63) is 59.7 Å². The van der Waals surface area contributed by atoms with E-state index in [1.807, 2.05) is 24.3 Å². The van der Waals surface area contributed by atoms with Gasteiger partial charge in [0.1, 0.15) is 5.97 Å². The number of aliphatic carboxylic acids is 1. The minimum atomic E-state index is -1.69. The molecular weight excluding hydrogens is 308 g/mol. The van der Waals surface area contributed by atoms with Crippen molar-refractivity contribution >= 4 is 27.7 Å². The number of carbonyl (C=O) groups excluding carboxylic acids is 2. The number of hydrogen-bond donors (Lipinski definition) is 0. The van der Waals surface area contributed by atoms with Gasteiger partial charge in [0.25, 0.3) is 0 Å². The average molecular weight is 318 g/mol. The summed E-state index contributed by atoms with van der Waals surface area (Å²) in [6.07, 6.45) is 0. The van der Waals surface area contributed by atoms with Crippen LogP contribution in [0.1, 0.15) is 15.9 Å². The maximum atomic E-state index is 11.6. The summed E-state index contributed by atoms with van der Waals surface area (Å²) in [6.45, 7) is 0. The van der Waals surface area contributed by atoms with Crippen LogP contribution in [-0.2, 0) is 10.1 Å². The summed E-state index contributed by atoms with van der Waals surface area (Å²) in [5, 5.41) is 11.5. The molecule has 0 radical (unpaired) electrons. The number of Topliss-reactive ketones (excluding diaryl/α,β-unsaturated/α-hetero) is 1. The van der Waals surface area contributed by atoms with E-state index in [0.717, 1.165) is 16.5 Å². The highest BCUT2D eigenvalue weighted by Gasteiger charge is 2.12. The Bertz CT molecular complexity index is 618. The first-order valence-electron chi connectivity index (χ1n) is 5.63. The Labute approximate surface area is 119 Å². The summed E-state index contributed by atoms with van der Waals surface area (Å²) in [7, 11) is 0. The summed E-state index contributed by atoms with van der Waals surface area (Å²) >= 11 is 3.35. The number of halogens is 1. The topological polar surface area (TPSA) is 57.2 Å². The maximum absolute atomic E-state index is 11.6. The standard InChI is InChI=1S/C15H11BrO3/c16-9-10-5-7-11(8-6-10)12-3-1-2-4-13(12)14(17)15(18)19/h1-8H,9H2,(H,18,19)/p-1. The van der Waals surface area contributed by atoms with Crippen LogP contribution in [0.25, 0.3) is 11.1 Å². The third kappa shape index (κ3) is 2.90. The molecule has 0 aliphatic heterocycles. The Morgan fingerprint density at radius 3 is 2.21 bits per heavy atom. The lowest BCUT2D eigenvalue weighted by Crippen LogP contribution is -2.31. The van der Waals surface area contributed by atoms with Crippen LogP contribution in [0.2, 0.25) is 0 Å². The third-order valence-electron chi connectivity index (χ3n) is 2.78. The van der Waals surface area contributed by atoms with Crippen molar-refractivity contribution in [3.63, 3.8) is 0 Å². The fraction of sp³-hybridized carbons (Fsp3) is 0.0667. The smallest absolute Gasteiger partial charge is 0.209 e. The minimum Gasteiger partial charge on any atom is -0.541 e. The summed E-state index contributed by atoms with van der Waals surface area (Å²) in [6, 6.07) is 14.2. The molecule has 19 heavy (non-hydrogen) atoms. The Balaban J connectivity index is 2.49. The van der Waals surface area contributed by atoms with Crippen LogP contribution in [0.4, 0.5) is 0 Å². The van der Waals surface area contributed by atoms with Gasteiger partial charge in [-0.3, -0.25) is 4.79 Å². The molecule has 0 aromatic heterocycles. The first-order chi connectivity index (χ1) is 9.13. The van der Waals surface area contributed by atoms with Crippen LogP contribution in [0.15, 0.2) is 48.5 Å². The molecule has 0 unspecified atom stereocenters. The highest BCUT2D eigenvalue weighted by atomic mass is 79.9. The number of rotatable bonds is 4. The molecule has 96 valence electrons. The van der Waals surface area contributed by atoms with Gasteiger partial charge >= 0.3 is 0 Å². The van der Waals surface area contributed by atoms with Crippen LogP contribution in [0.3, 0.4) is 0 Å². The number of carbonyl (C=O) groups is 2. The molecule has 0 spiro atoms. The van der Waals surface area contributed by atoms with Gasteiger partial charge in [0, 0.05) is 10.9 Å². The molecule has 2 rings (SSSR count). The Kier molecular flexibility index (Phi) is 4.12. The predicted octanol–water partition coefficient (Wildman–Crippen LogP) is 2.18. The molecule has 0 aliphatic carbocycles. The zero-order valence-corrected chi connectivity index (χ0v) is 11.5. The second-order valence-corrected chi connectivity index (χ2v) is 4.55. The molecule has 2 aromatic carbocycles. The van der Waals surface area contributed by atoms with Crippen LogP contribution in [0, 0.1) is 0 Å². The Morgan fingerprint density at radius 2 is 1.63 bits per heavy atom. The van der Waals surface area contributed by atoms with E-state index in [1.54, 1.807) is 18.2 Å². The molecule has 0 bridgehead atoms. The van der Waals surface area contributed by atoms with Crippen molar-refractivity contribution in [2.24, 2.45) is 0 Å².